The van der Waals surface area contributed by atoms with Crippen molar-refractivity contribution >= 4 is 0 Å². The van der Waals surface area contributed by atoms with Crippen LogP contribution in [0.3, 0.4) is 0 Å². The minimum atomic E-state index is 0.286. The Morgan fingerprint density at radius 1 is 1.33 bits per heavy atom. The van der Waals surface area contributed by atoms with Crippen molar-refractivity contribution in [3.63, 3.8) is 0 Å². The molecule has 2 aliphatic heterocycles. The van der Waals surface area contributed by atoms with E-state index in [4.69, 9.17) is 9.47 Å². The molecule has 2 heterocycles. The van der Waals surface area contributed by atoms with Crippen LogP contribution in [-0.4, -0.2) is 19.8 Å². The zero-order chi connectivity index (χ0) is 12.7. The van der Waals surface area contributed by atoms with Crippen LogP contribution in [0.2, 0.25) is 0 Å². The minimum absolute atomic E-state index is 0.286. The Bertz CT molecular complexity index is 458. The molecule has 0 spiro atoms. The van der Waals surface area contributed by atoms with Gasteiger partial charge in [0.15, 0.2) is 0 Å². The summed E-state index contributed by atoms with van der Waals surface area (Å²) >= 11 is 0. The van der Waals surface area contributed by atoms with Crippen molar-refractivity contribution in [1.82, 2.24) is 5.32 Å². The van der Waals surface area contributed by atoms with Crippen molar-refractivity contribution in [2.45, 2.75) is 38.8 Å². The fourth-order valence-corrected chi connectivity index (χ4v) is 3.13. The van der Waals surface area contributed by atoms with Gasteiger partial charge in [-0.25, -0.2) is 0 Å². The standard InChI is InChI=1S/C15H21NO2/c1-9-4-5-16-15(9)12-8-13-11(6-10(2)18-13)7-14(12)17-3/h7-10,15-16H,4-6H2,1-3H3. The third kappa shape index (κ3) is 1.87. The molecule has 0 aliphatic carbocycles. The second-order valence-corrected chi connectivity index (χ2v) is 5.53. The summed E-state index contributed by atoms with van der Waals surface area (Å²) in [6, 6.07) is 4.72. The molecule has 0 radical (unpaired) electrons. The third-order valence-corrected chi connectivity index (χ3v) is 4.12. The van der Waals surface area contributed by atoms with Gasteiger partial charge in [-0.2, -0.15) is 0 Å². The van der Waals surface area contributed by atoms with E-state index in [1.54, 1.807) is 7.11 Å². The molecule has 3 heteroatoms. The molecule has 1 aromatic carbocycles. The molecule has 18 heavy (non-hydrogen) atoms. The number of benzene rings is 1. The van der Waals surface area contributed by atoms with Crippen molar-refractivity contribution in [1.29, 1.82) is 0 Å². The average Bonchev–Trinajstić information content (AvgIpc) is 2.91. The van der Waals surface area contributed by atoms with Crippen LogP contribution in [0.25, 0.3) is 0 Å². The summed E-state index contributed by atoms with van der Waals surface area (Å²) < 4.78 is 11.4. The van der Waals surface area contributed by atoms with E-state index in [1.165, 1.54) is 17.5 Å². The van der Waals surface area contributed by atoms with Gasteiger partial charge in [0.05, 0.1) is 7.11 Å². The van der Waals surface area contributed by atoms with Crippen LogP contribution >= 0.6 is 0 Å². The van der Waals surface area contributed by atoms with E-state index in [9.17, 15) is 0 Å². The monoisotopic (exact) mass is 247 g/mol. The lowest BCUT2D eigenvalue weighted by atomic mass is 9.94. The van der Waals surface area contributed by atoms with Gasteiger partial charge in [0, 0.05) is 23.6 Å². The summed E-state index contributed by atoms with van der Waals surface area (Å²) in [6.07, 6.45) is 2.50. The van der Waals surface area contributed by atoms with Gasteiger partial charge in [-0.1, -0.05) is 6.92 Å². The van der Waals surface area contributed by atoms with E-state index in [2.05, 4.69) is 31.3 Å². The molecule has 3 rings (SSSR count). The summed E-state index contributed by atoms with van der Waals surface area (Å²) in [4.78, 5) is 0. The van der Waals surface area contributed by atoms with E-state index < -0.39 is 0 Å². The van der Waals surface area contributed by atoms with E-state index in [0.717, 1.165) is 24.5 Å². The first-order valence-corrected chi connectivity index (χ1v) is 6.80. The minimum Gasteiger partial charge on any atom is -0.496 e. The second kappa shape index (κ2) is 4.47. The maximum atomic E-state index is 5.86. The first-order valence-electron chi connectivity index (χ1n) is 6.80. The molecule has 1 aromatic rings. The lowest BCUT2D eigenvalue weighted by molar-refractivity contribution is 0.254. The van der Waals surface area contributed by atoms with Gasteiger partial charge in [0.2, 0.25) is 0 Å². The zero-order valence-corrected chi connectivity index (χ0v) is 11.3. The number of hydrogen-bond donors (Lipinski definition) is 1. The van der Waals surface area contributed by atoms with Crippen LogP contribution in [0.1, 0.15) is 37.4 Å². The Hall–Kier alpha value is -1.22. The number of hydrogen-bond acceptors (Lipinski definition) is 3. The van der Waals surface area contributed by atoms with Crippen LogP contribution in [0.15, 0.2) is 12.1 Å². The Labute approximate surface area is 108 Å². The van der Waals surface area contributed by atoms with Crippen LogP contribution < -0.4 is 14.8 Å². The molecule has 98 valence electrons. The second-order valence-electron chi connectivity index (χ2n) is 5.53. The Kier molecular flexibility index (Phi) is 2.94. The number of methoxy groups -OCH3 is 1. The summed E-state index contributed by atoms with van der Waals surface area (Å²) in [7, 11) is 1.75. The first-order chi connectivity index (χ1) is 8.69. The SMILES string of the molecule is COc1cc2c(cc1C1NCCC1C)OC(C)C2. The van der Waals surface area contributed by atoms with Crippen molar-refractivity contribution in [3.05, 3.63) is 23.3 Å². The van der Waals surface area contributed by atoms with Crippen LogP contribution in [0.4, 0.5) is 0 Å². The van der Waals surface area contributed by atoms with Gasteiger partial charge < -0.3 is 14.8 Å². The molecule has 2 aliphatic rings. The lowest BCUT2D eigenvalue weighted by Gasteiger charge is -2.20. The van der Waals surface area contributed by atoms with Gasteiger partial charge in [-0.15, -0.1) is 0 Å². The topological polar surface area (TPSA) is 30.5 Å². The normalized spacial score (nSPS) is 30.1. The Morgan fingerprint density at radius 3 is 2.83 bits per heavy atom. The van der Waals surface area contributed by atoms with E-state index in [-0.39, 0.29) is 6.10 Å². The molecule has 0 saturated carbocycles. The van der Waals surface area contributed by atoms with Crippen LogP contribution in [0, 0.1) is 5.92 Å². The van der Waals surface area contributed by atoms with Crippen molar-refractivity contribution in [2.24, 2.45) is 5.92 Å². The number of rotatable bonds is 2. The quantitative estimate of drug-likeness (QED) is 0.871. The van der Waals surface area contributed by atoms with Gasteiger partial charge >= 0.3 is 0 Å². The molecule has 1 N–H and O–H groups in total. The maximum absolute atomic E-state index is 5.86. The largest absolute Gasteiger partial charge is 0.496 e. The molecule has 3 unspecified atom stereocenters. The fraction of sp³-hybridized carbons (Fsp3) is 0.600. The fourth-order valence-electron chi connectivity index (χ4n) is 3.13. The van der Waals surface area contributed by atoms with Crippen molar-refractivity contribution < 1.29 is 9.47 Å². The smallest absolute Gasteiger partial charge is 0.124 e. The molecular weight excluding hydrogens is 226 g/mol. The third-order valence-electron chi connectivity index (χ3n) is 4.12. The number of nitrogens with one attached hydrogen (secondary N) is 1. The predicted molar refractivity (Wildman–Crippen MR) is 71.3 cm³/mol. The van der Waals surface area contributed by atoms with E-state index in [1.807, 2.05) is 0 Å². The van der Waals surface area contributed by atoms with Gasteiger partial charge in [-0.05, 0) is 37.9 Å². The van der Waals surface area contributed by atoms with Crippen molar-refractivity contribution in [3.8, 4) is 11.5 Å². The molecule has 3 nitrogen and oxygen atoms in total. The maximum Gasteiger partial charge on any atom is 0.124 e. The number of fused-ring (bicyclic) bond motifs is 1. The van der Waals surface area contributed by atoms with Crippen LogP contribution in [-0.2, 0) is 6.42 Å². The molecular formula is C15H21NO2. The predicted octanol–water partition coefficient (Wildman–Crippen LogP) is 2.69. The molecule has 3 atom stereocenters. The molecule has 0 amide bonds. The first kappa shape index (κ1) is 11.8. The van der Waals surface area contributed by atoms with E-state index in [0.29, 0.717) is 12.0 Å². The summed E-state index contributed by atoms with van der Waals surface area (Å²) in [5.74, 6) is 2.69. The molecule has 0 bridgehead atoms. The highest BCUT2D eigenvalue weighted by Gasteiger charge is 2.30. The van der Waals surface area contributed by atoms with E-state index >= 15 is 0 Å². The highest BCUT2D eigenvalue weighted by atomic mass is 16.5. The lowest BCUT2D eigenvalue weighted by Crippen LogP contribution is -2.17. The zero-order valence-electron chi connectivity index (χ0n) is 11.3. The summed E-state index contributed by atoms with van der Waals surface area (Å²) in [5, 5.41) is 3.56. The van der Waals surface area contributed by atoms with Crippen molar-refractivity contribution in [2.75, 3.05) is 13.7 Å². The Balaban J connectivity index is 2.01. The Morgan fingerprint density at radius 2 is 2.17 bits per heavy atom. The number of ether oxygens (including phenoxy) is 2. The molecule has 1 fully saturated rings. The average molecular weight is 247 g/mol. The van der Waals surface area contributed by atoms with Gasteiger partial charge in [-0.3, -0.25) is 0 Å². The van der Waals surface area contributed by atoms with Gasteiger partial charge in [0.1, 0.15) is 17.6 Å². The summed E-state index contributed by atoms with van der Waals surface area (Å²) in [5.41, 5.74) is 2.52. The molecule has 1 saturated heterocycles. The molecule has 0 aromatic heterocycles. The van der Waals surface area contributed by atoms with Crippen LogP contribution in [0.5, 0.6) is 11.5 Å². The highest BCUT2D eigenvalue weighted by Crippen LogP contribution is 2.41. The highest BCUT2D eigenvalue weighted by molar-refractivity contribution is 5.50. The summed E-state index contributed by atoms with van der Waals surface area (Å²) in [6.45, 7) is 5.49. The van der Waals surface area contributed by atoms with Gasteiger partial charge in [0.25, 0.3) is 0 Å².